The summed E-state index contributed by atoms with van der Waals surface area (Å²) >= 11 is 3.93. The van der Waals surface area contributed by atoms with Crippen LogP contribution >= 0.6 is 42.0 Å². The molecule has 0 aromatic heterocycles. The number of nitrogens with zero attached hydrogens (tertiary/aromatic N) is 1. The molecule has 0 aliphatic rings. The highest BCUT2D eigenvalue weighted by Crippen LogP contribution is 2.31. The molecule has 0 aromatic carbocycles. The van der Waals surface area contributed by atoms with Crippen LogP contribution in [0.15, 0.2) is 0 Å². The molecular formula is C6H16INOPS+. The molecule has 0 saturated carbocycles. The maximum atomic E-state index is 5.29. The van der Waals surface area contributed by atoms with Gasteiger partial charge in [0.05, 0.1) is 27.7 Å². The molecule has 0 rings (SSSR count). The van der Waals surface area contributed by atoms with E-state index < -0.39 is 0 Å². The Morgan fingerprint density at radius 3 is 2.55 bits per heavy atom. The molecular weight excluding hydrogens is 292 g/mol. The second-order valence-corrected chi connectivity index (χ2v) is 6.64. The third kappa shape index (κ3) is 11.4. The Morgan fingerprint density at radius 1 is 1.45 bits per heavy atom. The first-order valence-corrected chi connectivity index (χ1v) is 7.64. The number of rotatable bonds is 6. The third-order valence-electron chi connectivity index (χ3n) is 0.817. The molecule has 0 saturated heterocycles. The molecule has 68 valence electrons. The van der Waals surface area contributed by atoms with Gasteiger partial charge in [0, 0.05) is 23.9 Å². The smallest absolute Gasteiger partial charge is 0.105 e. The summed E-state index contributed by atoms with van der Waals surface area (Å²) in [6.45, 7) is 0.870. The van der Waals surface area contributed by atoms with Crippen LogP contribution in [0.1, 0.15) is 0 Å². The van der Waals surface area contributed by atoms with Gasteiger partial charge in [0.15, 0.2) is 0 Å². The molecule has 2 nitrogen and oxygen atoms in total. The zero-order chi connectivity index (χ0) is 8.74. The highest BCUT2D eigenvalue weighted by atomic mass is 127. The van der Waals surface area contributed by atoms with Crippen molar-refractivity contribution in [3.05, 3.63) is 0 Å². The van der Waals surface area contributed by atoms with Crippen LogP contribution in [-0.2, 0) is 4.18 Å². The molecule has 0 spiro atoms. The van der Waals surface area contributed by atoms with E-state index in [4.69, 9.17) is 4.18 Å². The van der Waals surface area contributed by atoms with Gasteiger partial charge in [-0.3, -0.25) is 0 Å². The Morgan fingerprint density at radius 2 is 2.09 bits per heavy atom. The summed E-state index contributed by atoms with van der Waals surface area (Å²) in [7, 11) is 7.46. The number of alkyl halides is 1. The fourth-order valence-electron chi connectivity index (χ4n) is 0.335. The summed E-state index contributed by atoms with van der Waals surface area (Å²) in [5.74, 6) is 0. The first-order valence-electron chi connectivity index (χ1n) is 3.44. The molecule has 0 amide bonds. The fraction of sp³-hybridized carbons (Fsp3) is 1.00. The highest BCUT2D eigenvalue weighted by Gasteiger charge is 2.05. The molecule has 0 aromatic rings. The van der Waals surface area contributed by atoms with Crippen LogP contribution < -0.4 is 0 Å². The molecule has 0 fully saturated rings. The van der Waals surface area contributed by atoms with Crippen molar-refractivity contribution in [1.82, 2.24) is 0 Å². The van der Waals surface area contributed by atoms with Crippen molar-refractivity contribution in [2.45, 2.75) is 0 Å². The summed E-state index contributed by atoms with van der Waals surface area (Å²) < 4.78 is 7.40. The predicted octanol–water partition coefficient (Wildman–Crippen LogP) is 2.34. The van der Waals surface area contributed by atoms with Crippen molar-refractivity contribution in [3.63, 3.8) is 0 Å². The summed E-state index contributed by atoms with van der Waals surface area (Å²) in [5.41, 5.74) is 0. The maximum Gasteiger partial charge on any atom is 0.105 e. The fourth-order valence-corrected chi connectivity index (χ4v) is 3.36. The minimum absolute atomic E-state index is 0.857. The second-order valence-electron chi connectivity index (χ2n) is 3.19. The van der Waals surface area contributed by atoms with E-state index in [9.17, 15) is 0 Å². The topological polar surface area (TPSA) is 9.23 Å². The van der Waals surface area contributed by atoms with Gasteiger partial charge in [-0.2, -0.15) is 0 Å². The van der Waals surface area contributed by atoms with Crippen LogP contribution in [0, 0.1) is 0 Å². The lowest BCUT2D eigenvalue weighted by molar-refractivity contribution is -0.857. The van der Waals surface area contributed by atoms with Crippen molar-refractivity contribution in [2.75, 3.05) is 38.5 Å². The van der Waals surface area contributed by atoms with Crippen molar-refractivity contribution >= 4 is 42.0 Å². The molecule has 0 N–H and O–H groups in total. The molecule has 1 atom stereocenters. The SMILES string of the molecule is C[N+](C)(C)CPSOCCI. The van der Waals surface area contributed by atoms with Gasteiger partial charge in [-0.15, -0.1) is 0 Å². The van der Waals surface area contributed by atoms with Crippen LogP contribution in [0.4, 0.5) is 0 Å². The molecule has 0 bridgehead atoms. The number of halogens is 1. The van der Waals surface area contributed by atoms with Gasteiger partial charge in [-0.1, -0.05) is 22.6 Å². The van der Waals surface area contributed by atoms with Gasteiger partial charge in [-0.25, -0.2) is 0 Å². The van der Waals surface area contributed by atoms with E-state index in [0.29, 0.717) is 0 Å². The van der Waals surface area contributed by atoms with Crippen molar-refractivity contribution < 1.29 is 8.67 Å². The largest absolute Gasteiger partial charge is 0.327 e. The van der Waals surface area contributed by atoms with Gasteiger partial charge in [0.2, 0.25) is 0 Å². The van der Waals surface area contributed by atoms with Gasteiger partial charge < -0.3 is 8.67 Å². The Hall–Kier alpha value is 1.43. The Labute approximate surface area is 88.9 Å². The number of hydrogen-bond donors (Lipinski definition) is 0. The first-order chi connectivity index (χ1) is 5.06. The molecule has 0 aliphatic carbocycles. The average Bonchev–Trinajstić information content (AvgIpc) is 1.85. The standard InChI is InChI=1S/C6H16INOPS/c1-8(2,3)6-10-11-9-5-4-7/h10H,4-6H2,1-3H3/q+1. The van der Waals surface area contributed by atoms with Gasteiger partial charge in [0.1, 0.15) is 6.29 Å². The Bertz CT molecular complexity index is 99.1. The monoisotopic (exact) mass is 308 g/mol. The molecule has 0 aliphatic heterocycles. The van der Waals surface area contributed by atoms with Gasteiger partial charge in [-0.05, 0) is 0 Å². The van der Waals surface area contributed by atoms with Gasteiger partial charge in [0.25, 0.3) is 0 Å². The maximum absolute atomic E-state index is 5.29. The van der Waals surface area contributed by atoms with Crippen LogP contribution in [-0.4, -0.2) is 42.9 Å². The number of quaternary nitrogens is 1. The summed E-state index contributed by atoms with van der Waals surface area (Å²) in [5, 5.41) is 0. The average molecular weight is 308 g/mol. The van der Waals surface area contributed by atoms with E-state index in [2.05, 4.69) is 43.7 Å². The van der Waals surface area contributed by atoms with Crippen molar-refractivity contribution in [3.8, 4) is 0 Å². The summed E-state index contributed by atoms with van der Waals surface area (Å²) in [6, 6.07) is 0. The van der Waals surface area contributed by atoms with Crippen LogP contribution in [0.25, 0.3) is 0 Å². The molecule has 0 radical (unpaired) electrons. The lowest BCUT2D eigenvalue weighted by atomic mass is 10.8. The highest BCUT2D eigenvalue weighted by molar-refractivity contribution is 14.1. The van der Waals surface area contributed by atoms with E-state index in [1.807, 2.05) is 0 Å². The summed E-state index contributed by atoms with van der Waals surface area (Å²) in [6.07, 6.45) is 1.19. The normalized spacial score (nSPS) is 13.1. The van der Waals surface area contributed by atoms with Crippen molar-refractivity contribution in [2.24, 2.45) is 0 Å². The zero-order valence-electron chi connectivity index (χ0n) is 7.26. The first kappa shape index (κ1) is 12.4. The lowest BCUT2D eigenvalue weighted by Gasteiger charge is -2.22. The number of hydrogen-bond acceptors (Lipinski definition) is 2. The van der Waals surface area contributed by atoms with E-state index in [0.717, 1.165) is 23.3 Å². The predicted molar refractivity (Wildman–Crippen MR) is 63.6 cm³/mol. The van der Waals surface area contributed by atoms with Gasteiger partial charge >= 0.3 is 0 Å². The molecule has 11 heavy (non-hydrogen) atoms. The molecule has 0 heterocycles. The minimum atomic E-state index is 0.857. The Kier molecular flexibility index (Phi) is 7.79. The molecule has 5 heteroatoms. The summed E-state index contributed by atoms with van der Waals surface area (Å²) in [4.78, 5) is 0. The third-order valence-corrected chi connectivity index (χ3v) is 3.83. The lowest BCUT2D eigenvalue weighted by Crippen LogP contribution is -2.32. The minimum Gasteiger partial charge on any atom is -0.327 e. The Balaban J connectivity index is 3.02. The van der Waals surface area contributed by atoms with E-state index in [1.54, 1.807) is 11.7 Å². The second kappa shape index (κ2) is 6.89. The van der Waals surface area contributed by atoms with Crippen LogP contribution in [0.5, 0.6) is 0 Å². The molecule has 1 unspecified atom stereocenters. The van der Waals surface area contributed by atoms with Crippen molar-refractivity contribution in [1.29, 1.82) is 0 Å². The van der Waals surface area contributed by atoms with Crippen LogP contribution in [0.2, 0.25) is 0 Å². The van der Waals surface area contributed by atoms with E-state index >= 15 is 0 Å². The van der Waals surface area contributed by atoms with Crippen LogP contribution in [0.3, 0.4) is 0 Å². The zero-order valence-corrected chi connectivity index (χ0v) is 11.2. The quantitative estimate of drug-likeness (QED) is 0.186. The van der Waals surface area contributed by atoms with E-state index in [-0.39, 0.29) is 0 Å². The van der Waals surface area contributed by atoms with E-state index in [1.165, 1.54) is 6.29 Å².